The van der Waals surface area contributed by atoms with E-state index in [1.165, 1.54) is 5.57 Å². The molecular formula is C41H60N2O10S. The second kappa shape index (κ2) is 25.8. The maximum absolute atomic E-state index is 13.4. The number of esters is 1. The summed E-state index contributed by atoms with van der Waals surface area (Å²) in [6.45, 7) is 12.7. The third kappa shape index (κ3) is 20.9. The lowest BCUT2D eigenvalue weighted by molar-refractivity contribution is -0.144. The number of carbonyl (C=O) groups is 3. The first-order chi connectivity index (χ1) is 25.5. The highest BCUT2D eigenvalue weighted by Crippen LogP contribution is 2.21. The van der Waals surface area contributed by atoms with E-state index in [0.29, 0.717) is 11.1 Å². The lowest BCUT2D eigenvalue weighted by Crippen LogP contribution is -2.47. The molecule has 0 fully saturated rings. The van der Waals surface area contributed by atoms with Crippen molar-refractivity contribution in [3.63, 3.8) is 0 Å². The average Bonchev–Trinajstić information content (AvgIpc) is 3.11. The Morgan fingerprint density at radius 1 is 1.00 bits per heavy atom. The largest absolute Gasteiger partial charge is 0.454 e. The number of hydrogen-bond donors (Lipinski definition) is 3. The fourth-order valence-electron chi connectivity index (χ4n) is 5.19. The van der Waals surface area contributed by atoms with Gasteiger partial charge < -0.3 is 24.8 Å². The Morgan fingerprint density at radius 2 is 1.69 bits per heavy atom. The molecule has 0 radical (unpaired) electrons. The van der Waals surface area contributed by atoms with E-state index in [9.17, 15) is 22.8 Å². The van der Waals surface area contributed by atoms with Crippen molar-refractivity contribution in [1.82, 2.24) is 10.6 Å². The molecule has 300 valence electrons. The first kappa shape index (κ1) is 47.9. The van der Waals surface area contributed by atoms with Crippen LogP contribution in [0.3, 0.4) is 0 Å². The molecule has 12 nitrogen and oxygen atoms in total. The number of ether oxygens (including phenoxy) is 3. The van der Waals surface area contributed by atoms with Gasteiger partial charge in [-0.2, -0.15) is 8.42 Å². The van der Waals surface area contributed by atoms with Gasteiger partial charge in [-0.3, -0.25) is 14.1 Å². The van der Waals surface area contributed by atoms with Crippen molar-refractivity contribution in [2.75, 3.05) is 27.4 Å². The number of hydrogen-bond acceptors (Lipinski definition) is 9. The number of carbonyl (C=O) groups excluding carboxylic acids is 3. The van der Waals surface area contributed by atoms with Crippen LogP contribution in [0, 0.1) is 11.8 Å². The molecule has 0 aromatic rings. The summed E-state index contributed by atoms with van der Waals surface area (Å²) < 4.78 is 52.3. The van der Waals surface area contributed by atoms with Crippen LogP contribution in [-0.4, -0.2) is 83.0 Å². The van der Waals surface area contributed by atoms with E-state index >= 15 is 0 Å². The summed E-state index contributed by atoms with van der Waals surface area (Å²) in [7, 11) is -1.43. The molecule has 0 spiro atoms. The molecule has 1 rings (SSSR count). The summed E-state index contributed by atoms with van der Waals surface area (Å²) in [5.41, 5.74) is 4.14. The fourth-order valence-corrected chi connectivity index (χ4v) is 5.50. The van der Waals surface area contributed by atoms with Crippen molar-refractivity contribution in [3.8, 4) is 0 Å². The monoisotopic (exact) mass is 772 g/mol. The summed E-state index contributed by atoms with van der Waals surface area (Å²) in [6, 6.07) is -1.35. The number of cyclic esters (lactones) is 1. The Kier molecular flexibility index (Phi) is 22.9. The SMILES string of the molecule is COC1/C=C(C)/C=C/C(C)/C=C(\C)C(=O)OC(/C(C)=C/C=C(\C)CNC(=O)C(COS(=O)(=O)O)NC=O)C(C)/C=C/C=C/C(OC)CC/C=C(C)\C=C\C1. The van der Waals surface area contributed by atoms with Gasteiger partial charge in [0, 0.05) is 32.3 Å². The van der Waals surface area contributed by atoms with Crippen molar-refractivity contribution in [2.45, 2.75) is 92.1 Å². The van der Waals surface area contributed by atoms with E-state index in [1.54, 1.807) is 40.2 Å². The molecule has 3 N–H and O–H groups in total. The second-order valence-corrected chi connectivity index (χ2v) is 14.4. The molecule has 1 aliphatic heterocycles. The molecule has 0 aliphatic carbocycles. The van der Waals surface area contributed by atoms with Crippen LogP contribution in [0.25, 0.3) is 0 Å². The minimum atomic E-state index is -4.81. The molecule has 6 unspecified atom stereocenters. The van der Waals surface area contributed by atoms with Crippen molar-refractivity contribution >= 4 is 28.7 Å². The normalized spacial score (nSPS) is 29.3. The molecule has 0 bridgehead atoms. The standard InChI is InChI=1S/C41H60N2O10S/c1-29-14-12-18-36(50-8)17-11-10-16-33(5)39(34(6)23-22-32(4)26-42-40(45)38(43-28-44)27-52-54(47,48)49)53-41(46)35(7)24-30(2)20-21-31(3)25-37(51-9)19-13-15-29/h10-11,13-17,20-25,28,30,33,36-39H,12,18-19,26-27H2,1-9H3,(H,42,45)(H,43,44)(H,47,48,49)/b15-13+,16-10+,17-11+,21-20+,29-14-,31-25+,32-22+,34-23+,35-24+. The number of rotatable bonds is 12. The molecule has 0 aromatic heterocycles. The van der Waals surface area contributed by atoms with E-state index in [4.69, 9.17) is 18.8 Å². The van der Waals surface area contributed by atoms with Crippen LogP contribution >= 0.6 is 0 Å². The van der Waals surface area contributed by atoms with E-state index < -0.39 is 41.0 Å². The summed E-state index contributed by atoms with van der Waals surface area (Å²) in [5, 5.41) is 4.74. The van der Waals surface area contributed by atoms with Gasteiger partial charge in [0.1, 0.15) is 12.1 Å². The van der Waals surface area contributed by atoms with Gasteiger partial charge in [0.15, 0.2) is 0 Å². The zero-order valence-electron chi connectivity index (χ0n) is 33.1. The van der Waals surface area contributed by atoms with Gasteiger partial charge in [0.2, 0.25) is 12.3 Å². The lowest BCUT2D eigenvalue weighted by Gasteiger charge is -2.23. The number of methoxy groups -OCH3 is 2. The molecule has 1 heterocycles. The molecule has 1 aliphatic rings. The maximum Gasteiger partial charge on any atom is 0.397 e. The number of allylic oxidation sites excluding steroid dienone is 11. The van der Waals surface area contributed by atoms with Gasteiger partial charge in [-0.05, 0) is 65.4 Å². The predicted octanol–water partition coefficient (Wildman–Crippen LogP) is 6.39. The molecular weight excluding hydrogens is 713 g/mol. The van der Waals surface area contributed by atoms with Gasteiger partial charge in [-0.25, -0.2) is 8.98 Å². The average molecular weight is 773 g/mol. The van der Waals surface area contributed by atoms with Gasteiger partial charge in [0.25, 0.3) is 0 Å². The first-order valence-electron chi connectivity index (χ1n) is 17.9. The third-order valence-electron chi connectivity index (χ3n) is 8.37. The Hall–Kier alpha value is -4.14. The molecule has 0 saturated heterocycles. The van der Waals surface area contributed by atoms with Crippen molar-refractivity contribution in [1.29, 1.82) is 0 Å². The molecule has 13 heteroatoms. The Bertz CT molecular complexity index is 1610. The van der Waals surface area contributed by atoms with Gasteiger partial charge >= 0.3 is 16.4 Å². The zero-order valence-corrected chi connectivity index (χ0v) is 33.9. The highest BCUT2D eigenvalue weighted by atomic mass is 32.3. The number of amides is 2. The van der Waals surface area contributed by atoms with Crippen LogP contribution in [0.4, 0.5) is 0 Å². The minimum Gasteiger partial charge on any atom is -0.454 e. The molecule has 2 amide bonds. The fraction of sp³-hybridized carbons (Fsp3) is 0.488. The van der Waals surface area contributed by atoms with Crippen molar-refractivity contribution < 1.29 is 45.7 Å². The zero-order chi connectivity index (χ0) is 40.7. The van der Waals surface area contributed by atoms with E-state index in [0.717, 1.165) is 30.4 Å². The molecule has 54 heavy (non-hydrogen) atoms. The van der Waals surface area contributed by atoms with Crippen molar-refractivity contribution in [2.24, 2.45) is 11.8 Å². The summed E-state index contributed by atoms with van der Waals surface area (Å²) in [4.78, 5) is 36.9. The van der Waals surface area contributed by atoms with E-state index in [1.807, 2.05) is 70.2 Å². The van der Waals surface area contributed by atoms with Crippen LogP contribution in [0.15, 0.2) is 107 Å². The van der Waals surface area contributed by atoms with Crippen LogP contribution in [0.1, 0.15) is 67.7 Å². The first-order valence-corrected chi connectivity index (χ1v) is 19.3. The Labute approximate surface area is 322 Å². The Morgan fingerprint density at radius 3 is 2.33 bits per heavy atom. The van der Waals surface area contributed by atoms with Crippen LogP contribution < -0.4 is 10.6 Å². The molecule has 0 saturated carbocycles. The summed E-state index contributed by atoms with van der Waals surface area (Å²) in [6.07, 6.45) is 27.6. The van der Waals surface area contributed by atoms with E-state index in [-0.39, 0.29) is 37.0 Å². The summed E-state index contributed by atoms with van der Waals surface area (Å²) in [5.74, 6) is -1.44. The molecule has 0 aromatic carbocycles. The predicted molar refractivity (Wildman–Crippen MR) is 212 cm³/mol. The van der Waals surface area contributed by atoms with Crippen LogP contribution in [0.5, 0.6) is 0 Å². The third-order valence-corrected chi connectivity index (χ3v) is 8.81. The van der Waals surface area contributed by atoms with Crippen LogP contribution in [0.2, 0.25) is 0 Å². The number of nitrogens with one attached hydrogen (secondary N) is 2. The highest BCUT2D eigenvalue weighted by molar-refractivity contribution is 7.80. The quantitative estimate of drug-likeness (QED) is 0.0876. The minimum absolute atomic E-state index is 0.0480. The Balaban J connectivity index is 3.38. The van der Waals surface area contributed by atoms with Crippen LogP contribution in [-0.2, 0) is 43.2 Å². The second-order valence-electron chi connectivity index (χ2n) is 13.3. The maximum atomic E-state index is 13.4. The smallest absolute Gasteiger partial charge is 0.397 e. The molecule has 6 atom stereocenters. The van der Waals surface area contributed by atoms with E-state index in [2.05, 4.69) is 46.0 Å². The van der Waals surface area contributed by atoms with Gasteiger partial charge in [-0.15, -0.1) is 0 Å². The topological polar surface area (TPSA) is 167 Å². The lowest BCUT2D eigenvalue weighted by atomic mass is 9.96. The van der Waals surface area contributed by atoms with Crippen molar-refractivity contribution in [3.05, 3.63) is 107 Å². The van der Waals surface area contributed by atoms with Gasteiger partial charge in [0.05, 0.1) is 18.8 Å². The van der Waals surface area contributed by atoms with Gasteiger partial charge in [-0.1, -0.05) is 110 Å². The summed E-state index contributed by atoms with van der Waals surface area (Å²) >= 11 is 0. The highest BCUT2D eigenvalue weighted by Gasteiger charge is 2.23.